The van der Waals surface area contributed by atoms with Crippen LogP contribution in [0.15, 0.2) is 172 Å². The minimum atomic E-state index is -0.173. The molecule has 13 heteroatoms. The summed E-state index contributed by atoms with van der Waals surface area (Å²) in [6.07, 6.45) is 8.48. The van der Waals surface area contributed by atoms with Gasteiger partial charge in [-0.3, -0.25) is 4.31 Å². The van der Waals surface area contributed by atoms with Crippen LogP contribution in [-0.4, -0.2) is 45.2 Å². The number of hydrogen-bond donors (Lipinski definition) is 0. The molecule has 71 heavy (non-hydrogen) atoms. The number of thioether (sulfide) groups is 3. The summed E-state index contributed by atoms with van der Waals surface area (Å²) in [7, 11) is 0. The first kappa shape index (κ1) is 42.1. The van der Waals surface area contributed by atoms with Crippen LogP contribution >= 0.6 is 47.2 Å². The molecule has 6 aliphatic heterocycles. The van der Waals surface area contributed by atoms with Crippen molar-refractivity contribution in [2.45, 2.75) is 14.7 Å². The lowest BCUT2D eigenvalue weighted by atomic mass is 9.30. The second-order valence-corrected chi connectivity index (χ2v) is 21.9. The molecule has 0 fully saturated rings. The molecule has 0 saturated carbocycles. The summed E-state index contributed by atoms with van der Waals surface area (Å²) in [4.78, 5) is 3.30. The van der Waals surface area contributed by atoms with Gasteiger partial charge in [-0.05, 0) is 140 Å². The molecule has 6 aliphatic rings. The fourth-order valence-electron chi connectivity index (χ4n) is 11.8. The van der Waals surface area contributed by atoms with Crippen LogP contribution in [0.1, 0.15) is 0 Å². The number of nitrogens with zero attached hydrogens (tertiary/aromatic N) is 1. The molecule has 338 valence electrons. The highest BCUT2D eigenvalue weighted by molar-refractivity contribution is 8.00. The van der Waals surface area contributed by atoms with Crippen LogP contribution in [0.2, 0.25) is 0 Å². The SMILES string of the molecule is CSc1cc2c3c(c1)Oc1cc4c(cc1B3c1ccc(-c3ccccc3)cc1O2)B1c2cc3c(cc2N(SC)c2cc(SC)cc(c21)O4)Oc1cc(SC)cc2c1B3c1ccc(-c3ccccc3)cc1O2. The van der Waals surface area contributed by atoms with Crippen molar-refractivity contribution in [1.82, 2.24) is 0 Å². The molecule has 9 aromatic rings. The largest absolute Gasteiger partial charge is 0.458 e. The van der Waals surface area contributed by atoms with Crippen molar-refractivity contribution in [3.05, 3.63) is 158 Å². The van der Waals surface area contributed by atoms with E-state index in [0.717, 1.165) is 150 Å². The van der Waals surface area contributed by atoms with E-state index in [9.17, 15) is 0 Å². The molecule has 0 aromatic heterocycles. The first-order valence-corrected chi connectivity index (χ1v) is 28.4. The average molecular weight is 990 g/mol. The Balaban J connectivity index is 0.948. The van der Waals surface area contributed by atoms with Crippen molar-refractivity contribution in [2.24, 2.45) is 0 Å². The third-order valence-electron chi connectivity index (χ3n) is 15.0. The van der Waals surface area contributed by atoms with Gasteiger partial charge in [0.15, 0.2) is 0 Å². The summed E-state index contributed by atoms with van der Waals surface area (Å²) in [6, 6.07) is 56.9. The van der Waals surface area contributed by atoms with E-state index in [1.54, 1.807) is 47.2 Å². The molecule has 0 N–H and O–H groups in total. The molecule has 6 nitrogen and oxygen atoms in total. The topological polar surface area (TPSA) is 49.4 Å². The Labute approximate surface area is 430 Å². The van der Waals surface area contributed by atoms with Crippen molar-refractivity contribution in [3.8, 4) is 79.7 Å². The zero-order chi connectivity index (χ0) is 47.2. The second kappa shape index (κ2) is 15.9. The molecule has 0 aliphatic carbocycles. The van der Waals surface area contributed by atoms with E-state index in [2.05, 4.69) is 187 Å². The van der Waals surface area contributed by atoms with Crippen LogP contribution in [0.3, 0.4) is 0 Å². The van der Waals surface area contributed by atoms with Gasteiger partial charge in [0.05, 0.1) is 11.4 Å². The number of ether oxygens (including phenoxy) is 5. The lowest BCUT2D eigenvalue weighted by Crippen LogP contribution is -2.64. The molecular weight excluding hydrogens is 951 g/mol. The molecule has 0 saturated heterocycles. The lowest BCUT2D eigenvalue weighted by molar-refractivity contribution is 0.454. The second-order valence-electron chi connectivity index (χ2n) is 18.5. The van der Waals surface area contributed by atoms with Gasteiger partial charge in [0, 0.05) is 44.0 Å². The van der Waals surface area contributed by atoms with Gasteiger partial charge in [0.1, 0.15) is 57.5 Å². The first-order valence-electron chi connectivity index (χ1n) is 23.6. The number of fused-ring (bicyclic) bond motifs is 12. The zero-order valence-corrected chi connectivity index (χ0v) is 42.1. The molecule has 6 heterocycles. The lowest BCUT2D eigenvalue weighted by Gasteiger charge is -2.41. The maximum Gasteiger partial charge on any atom is 0.260 e. The smallest absolute Gasteiger partial charge is 0.260 e. The quantitative estimate of drug-likeness (QED) is 0.0915. The summed E-state index contributed by atoms with van der Waals surface area (Å²) >= 11 is 6.81. The van der Waals surface area contributed by atoms with Crippen molar-refractivity contribution >= 4 is 128 Å². The standard InChI is InChI=1S/C58H38B3NO5S4/c1-68-35-21-45-56-51(22-35)66-50-30-49-42(60-39-18-16-34(32-13-9-6-10-14-32)20-47(39)64-53-24-37(70-3)26-55(67-49)58(53)60)28-43(50)61(56)40-27-41-48(29-44(40)62(45)71-4)65-54-25-36(69-2)23-52-57(54)59(41)38-17-15-33(19-46(38)63-52)31-11-7-5-8-12-31/h5-30H,1-4H3. The van der Waals surface area contributed by atoms with E-state index in [4.69, 9.17) is 23.7 Å². The minimum absolute atomic E-state index is 0.127. The predicted molar refractivity (Wildman–Crippen MR) is 301 cm³/mol. The Kier molecular flexibility index (Phi) is 9.45. The number of hydrogen-bond acceptors (Lipinski definition) is 10. The molecule has 0 atom stereocenters. The Morgan fingerprint density at radius 3 is 1.15 bits per heavy atom. The van der Waals surface area contributed by atoms with Gasteiger partial charge < -0.3 is 23.7 Å². The van der Waals surface area contributed by atoms with Crippen LogP contribution in [0.25, 0.3) is 22.3 Å². The van der Waals surface area contributed by atoms with Gasteiger partial charge in [-0.25, -0.2) is 0 Å². The number of benzene rings is 9. The summed E-state index contributed by atoms with van der Waals surface area (Å²) in [5.74, 6) is 8.32. The van der Waals surface area contributed by atoms with E-state index < -0.39 is 0 Å². The molecular formula is C58H38B3NO5S4. The molecule has 0 unspecified atom stereocenters. The molecule has 0 bridgehead atoms. The molecule has 9 aromatic carbocycles. The first-order chi connectivity index (χ1) is 34.9. The fourth-order valence-corrected chi connectivity index (χ4v) is 13.8. The van der Waals surface area contributed by atoms with E-state index >= 15 is 0 Å². The van der Waals surface area contributed by atoms with Gasteiger partial charge in [0.2, 0.25) is 0 Å². The van der Waals surface area contributed by atoms with Gasteiger partial charge in [-0.2, -0.15) is 0 Å². The summed E-state index contributed by atoms with van der Waals surface area (Å²) in [5.41, 5.74) is 16.7. The maximum atomic E-state index is 7.16. The van der Waals surface area contributed by atoms with Crippen molar-refractivity contribution in [1.29, 1.82) is 0 Å². The van der Waals surface area contributed by atoms with E-state index in [1.165, 1.54) is 5.46 Å². The van der Waals surface area contributed by atoms with Gasteiger partial charge >= 0.3 is 0 Å². The monoisotopic (exact) mass is 989 g/mol. The van der Waals surface area contributed by atoms with E-state index in [0.29, 0.717) is 0 Å². The normalized spacial score (nSPS) is 14.0. The van der Waals surface area contributed by atoms with Crippen LogP contribution < -0.4 is 77.2 Å². The van der Waals surface area contributed by atoms with Gasteiger partial charge in [-0.1, -0.05) is 97.1 Å². The van der Waals surface area contributed by atoms with Gasteiger partial charge in [-0.15, -0.1) is 35.3 Å². The highest BCUT2D eigenvalue weighted by Crippen LogP contribution is 2.46. The van der Waals surface area contributed by atoms with Crippen LogP contribution in [0.4, 0.5) is 11.4 Å². The summed E-state index contributed by atoms with van der Waals surface area (Å²) in [6.45, 7) is -0.438. The third-order valence-corrected chi connectivity index (χ3v) is 17.8. The van der Waals surface area contributed by atoms with E-state index in [-0.39, 0.29) is 20.1 Å². The summed E-state index contributed by atoms with van der Waals surface area (Å²) < 4.78 is 37.4. The van der Waals surface area contributed by atoms with Gasteiger partial charge in [0.25, 0.3) is 20.1 Å². The Hall–Kier alpha value is -6.63. The Bertz CT molecular complexity index is 3800. The molecule has 0 spiro atoms. The van der Waals surface area contributed by atoms with Crippen LogP contribution in [-0.2, 0) is 0 Å². The van der Waals surface area contributed by atoms with Crippen molar-refractivity contribution < 1.29 is 23.7 Å². The molecule has 15 rings (SSSR count). The highest BCUT2D eigenvalue weighted by Gasteiger charge is 2.48. The van der Waals surface area contributed by atoms with Crippen molar-refractivity contribution in [3.63, 3.8) is 0 Å². The number of anilines is 2. The maximum absolute atomic E-state index is 7.16. The number of rotatable bonds is 6. The third kappa shape index (κ3) is 6.25. The highest BCUT2D eigenvalue weighted by atomic mass is 32.2. The van der Waals surface area contributed by atoms with E-state index in [1.807, 2.05) is 0 Å². The fraction of sp³-hybridized carbons (Fsp3) is 0.0690. The summed E-state index contributed by atoms with van der Waals surface area (Å²) in [5, 5.41) is 0. The molecule has 0 radical (unpaired) electrons. The predicted octanol–water partition coefficient (Wildman–Crippen LogP) is 9.99. The van der Waals surface area contributed by atoms with Crippen LogP contribution in [0.5, 0.6) is 57.5 Å². The molecule has 0 amide bonds. The Morgan fingerprint density at radius 2 is 0.704 bits per heavy atom. The van der Waals surface area contributed by atoms with Crippen LogP contribution in [0, 0.1) is 0 Å². The van der Waals surface area contributed by atoms with Crippen molar-refractivity contribution in [2.75, 3.05) is 29.3 Å². The minimum Gasteiger partial charge on any atom is -0.458 e. The average Bonchev–Trinajstić information content (AvgIpc) is 3.42. The Morgan fingerprint density at radius 1 is 0.310 bits per heavy atom. The zero-order valence-electron chi connectivity index (χ0n) is 38.9.